The van der Waals surface area contributed by atoms with Gasteiger partial charge >= 0.3 is 0 Å². The predicted molar refractivity (Wildman–Crippen MR) is 105 cm³/mol. The number of rotatable bonds is 8. The Morgan fingerprint density at radius 1 is 1.27 bits per heavy atom. The van der Waals surface area contributed by atoms with E-state index >= 15 is 0 Å². The molecule has 0 bridgehead atoms. The molecule has 8 heteroatoms. The summed E-state index contributed by atoms with van der Waals surface area (Å²) < 4.78 is 33.4. The van der Waals surface area contributed by atoms with Gasteiger partial charge in [-0.05, 0) is 30.3 Å². The fourth-order valence-electron chi connectivity index (χ4n) is 2.25. The molecule has 0 saturated carbocycles. The highest BCUT2D eigenvalue weighted by Crippen LogP contribution is 2.32. The van der Waals surface area contributed by atoms with Crippen LogP contribution in [0, 0.1) is 0 Å². The fourth-order valence-corrected chi connectivity index (χ4v) is 4.37. The van der Waals surface area contributed by atoms with E-state index in [1.165, 1.54) is 19.3 Å². The highest BCUT2D eigenvalue weighted by molar-refractivity contribution is 9.10. The summed E-state index contributed by atoms with van der Waals surface area (Å²) in [4.78, 5) is 12.1. The number of hydrogen-bond donors (Lipinski definition) is 1. The number of benzene rings is 2. The Hall–Kier alpha value is -2.32. The van der Waals surface area contributed by atoms with E-state index in [4.69, 9.17) is 4.74 Å². The van der Waals surface area contributed by atoms with E-state index in [0.717, 1.165) is 4.31 Å². The zero-order valence-electron chi connectivity index (χ0n) is 14.2. The van der Waals surface area contributed by atoms with E-state index in [1.54, 1.807) is 42.5 Å². The third-order valence-electron chi connectivity index (χ3n) is 3.47. The average Bonchev–Trinajstić information content (AvgIpc) is 2.65. The molecule has 0 fully saturated rings. The first-order valence-electron chi connectivity index (χ1n) is 7.69. The van der Waals surface area contributed by atoms with Gasteiger partial charge in [0.2, 0.25) is 5.91 Å². The van der Waals surface area contributed by atoms with Crippen LogP contribution in [0.15, 0.2) is 70.6 Å². The minimum absolute atomic E-state index is 0.0326. The zero-order valence-corrected chi connectivity index (χ0v) is 16.6. The minimum atomic E-state index is -4.05. The van der Waals surface area contributed by atoms with Crippen molar-refractivity contribution in [3.05, 3.63) is 65.7 Å². The van der Waals surface area contributed by atoms with E-state index in [9.17, 15) is 13.2 Å². The van der Waals surface area contributed by atoms with Crippen molar-refractivity contribution in [1.29, 1.82) is 0 Å². The summed E-state index contributed by atoms with van der Waals surface area (Å²) in [5.41, 5.74) is 0.378. The number of anilines is 1. The van der Waals surface area contributed by atoms with E-state index in [0.29, 0.717) is 10.2 Å². The predicted octanol–water partition coefficient (Wildman–Crippen LogP) is 2.96. The highest BCUT2D eigenvalue weighted by atomic mass is 79.9. The number of carbonyl (C=O) groups is 1. The van der Waals surface area contributed by atoms with Crippen molar-refractivity contribution in [1.82, 2.24) is 5.32 Å². The molecule has 0 aliphatic rings. The van der Waals surface area contributed by atoms with Crippen molar-refractivity contribution in [3.8, 4) is 5.75 Å². The quantitative estimate of drug-likeness (QED) is 0.642. The molecule has 0 aliphatic carbocycles. The van der Waals surface area contributed by atoms with Gasteiger partial charge in [-0.25, -0.2) is 8.42 Å². The SMILES string of the molecule is C=CCNC(=O)CN(c1ccccc1)S(=O)(=O)c1cc(Br)ccc1OC. The molecule has 2 aromatic rings. The molecule has 2 aromatic carbocycles. The van der Waals surface area contributed by atoms with Crippen molar-refractivity contribution < 1.29 is 17.9 Å². The molecule has 2 rings (SSSR count). The number of ether oxygens (including phenoxy) is 1. The summed E-state index contributed by atoms with van der Waals surface area (Å²) in [6, 6.07) is 13.1. The molecule has 0 unspecified atom stereocenters. The summed E-state index contributed by atoms with van der Waals surface area (Å²) >= 11 is 3.28. The van der Waals surface area contributed by atoms with Gasteiger partial charge < -0.3 is 10.1 Å². The Balaban J connectivity index is 2.52. The Bertz CT molecular complexity index is 885. The lowest BCUT2D eigenvalue weighted by Gasteiger charge is -2.25. The Morgan fingerprint density at radius 2 is 1.96 bits per heavy atom. The zero-order chi connectivity index (χ0) is 19.2. The number of nitrogens with one attached hydrogen (secondary N) is 1. The second-order valence-corrected chi connectivity index (χ2v) is 7.98. The molecular weight excluding hydrogens is 420 g/mol. The maximum atomic E-state index is 13.3. The number of nitrogens with zero attached hydrogens (tertiary/aromatic N) is 1. The molecule has 6 nitrogen and oxygen atoms in total. The standard InChI is InChI=1S/C18H19BrN2O4S/c1-3-11-20-18(22)13-21(15-7-5-4-6-8-15)26(23,24)17-12-14(19)9-10-16(17)25-2/h3-10,12H,1,11,13H2,2H3,(H,20,22). The van der Waals surface area contributed by atoms with Gasteiger partial charge in [0.15, 0.2) is 0 Å². The second-order valence-electron chi connectivity index (χ2n) is 5.24. The molecule has 0 radical (unpaired) electrons. The van der Waals surface area contributed by atoms with Gasteiger partial charge in [-0.15, -0.1) is 6.58 Å². The number of methoxy groups -OCH3 is 1. The van der Waals surface area contributed by atoms with Crippen LogP contribution >= 0.6 is 15.9 Å². The number of amides is 1. The average molecular weight is 439 g/mol. The number of sulfonamides is 1. The van der Waals surface area contributed by atoms with Gasteiger partial charge in [-0.1, -0.05) is 40.2 Å². The van der Waals surface area contributed by atoms with E-state index in [1.807, 2.05) is 0 Å². The number of hydrogen-bond acceptors (Lipinski definition) is 4. The molecule has 0 aromatic heterocycles. The lowest BCUT2D eigenvalue weighted by atomic mass is 10.3. The van der Waals surface area contributed by atoms with Crippen molar-refractivity contribution >= 4 is 37.5 Å². The summed E-state index contributed by atoms with van der Waals surface area (Å²) in [6.07, 6.45) is 1.52. The Kier molecular flexibility index (Phi) is 6.82. The van der Waals surface area contributed by atoms with Gasteiger partial charge in [0.05, 0.1) is 12.8 Å². The van der Waals surface area contributed by atoms with Gasteiger partial charge in [0.1, 0.15) is 17.2 Å². The van der Waals surface area contributed by atoms with E-state index in [2.05, 4.69) is 27.8 Å². The fraction of sp³-hybridized carbons (Fsp3) is 0.167. The normalized spacial score (nSPS) is 10.8. The van der Waals surface area contributed by atoms with Crippen molar-refractivity contribution in [3.63, 3.8) is 0 Å². The van der Waals surface area contributed by atoms with Crippen LogP contribution in [-0.2, 0) is 14.8 Å². The first-order chi connectivity index (χ1) is 12.4. The molecule has 138 valence electrons. The number of halogens is 1. The third-order valence-corrected chi connectivity index (χ3v) is 5.76. The van der Waals surface area contributed by atoms with Gasteiger partial charge in [-0.3, -0.25) is 9.10 Å². The largest absolute Gasteiger partial charge is 0.495 e. The molecular formula is C18H19BrN2O4S. The lowest BCUT2D eigenvalue weighted by molar-refractivity contribution is -0.119. The Morgan fingerprint density at radius 3 is 2.58 bits per heavy atom. The van der Waals surface area contributed by atoms with Crippen LogP contribution in [0.2, 0.25) is 0 Å². The van der Waals surface area contributed by atoms with Crippen LogP contribution in [0.25, 0.3) is 0 Å². The summed E-state index contributed by atoms with van der Waals surface area (Å²) in [5.74, 6) is -0.244. The lowest BCUT2D eigenvalue weighted by Crippen LogP contribution is -2.41. The van der Waals surface area contributed by atoms with Crippen LogP contribution in [-0.4, -0.2) is 34.5 Å². The molecule has 0 heterocycles. The molecule has 0 aliphatic heterocycles. The van der Waals surface area contributed by atoms with Crippen LogP contribution in [0.4, 0.5) is 5.69 Å². The molecule has 0 spiro atoms. The number of carbonyl (C=O) groups excluding carboxylic acids is 1. The minimum Gasteiger partial charge on any atom is -0.495 e. The van der Waals surface area contributed by atoms with Crippen LogP contribution in [0.1, 0.15) is 0 Å². The first-order valence-corrected chi connectivity index (χ1v) is 9.92. The molecule has 0 atom stereocenters. The number of para-hydroxylation sites is 1. The van der Waals surface area contributed by atoms with Crippen molar-refractivity contribution in [2.45, 2.75) is 4.90 Å². The summed E-state index contributed by atoms with van der Waals surface area (Å²) in [6.45, 7) is 3.42. The summed E-state index contributed by atoms with van der Waals surface area (Å²) in [5, 5.41) is 2.59. The second kappa shape index (κ2) is 8.86. The van der Waals surface area contributed by atoms with Crippen molar-refractivity contribution in [2.24, 2.45) is 0 Å². The molecule has 26 heavy (non-hydrogen) atoms. The van der Waals surface area contributed by atoms with Crippen molar-refractivity contribution in [2.75, 3.05) is 24.5 Å². The molecule has 1 amide bonds. The van der Waals surface area contributed by atoms with Gasteiger partial charge in [0, 0.05) is 11.0 Å². The highest BCUT2D eigenvalue weighted by Gasteiger charge is 2.30. The van der Waals surface area contributed by atoms with E-state index < -0.39 is 15.9 Å². The molecule has 1 N–H and O–H groups in total. The third kappa shape index (κ3) is 4.64. The maximum Gasteiger partial charge on any atom is 0.268 e. The summed E-state index contributed by atoms with van der Waals surface area (Å²) in [7, 11) is -2.65. The Labute approximate surface area is 161 Å². The molecule has 0 saturated heterocycles. The maximum absolute atomic E-state index is 13.3. The topological polar surface area (TPSA) is 75.7 Å². The van der Waals surface area contributed by atoms with Crippen LogP contribution in [0.5, 0.6) is 5.75 Å². The monoisotopic (exact) mass is 438 g/mol. The van der Waals surface area contributed by atoms with Crippen LogP contribution < -0.4 is 14.4 Å². The van der Waals surface area contributed by atoms with E-state index in [-0.39, 0.29) is 23.7 Å². The van der Waals surface area contributed by atoms with Gasteiger partial charge in [0.25, 0.3) is 10.0 Å². The van der Waals surface area contributed by atoms with Gasteiger partial charge in [-0.2, -0.15) is 0 Å². The van der Waals surface area contributed by atoms with Crippen LogP contribution in [0.3, 0.4) is 0 Å². The smallest absolute Gasteiger partial charge is 0.268 e. The first kappa shape index (κ1) is 20.0.